The number of halogens is 4. The first-order valence-electron chi connectivity index (χ1n) is 10.3. The van der Waals surface area contributed by atoms with Crippen molar-refractivity contribution in [3.63, 3.8) is 0 Å². The standard InChI is InChI=1S/C23H26F3N5.ClH/c1-14-9-22(30-15(2)16-10-17(23(24,25)26)12-18(27)11-16)20-13-19(3-4-21(20)29-14)31-7-5-28-6-8-31;/h3-4,9-13,15,28H,5-8,27H2,1-2H3,(H,29,30);1H/t15-;/m1./s1. The normalized spacial score (nSPS) is 15.3. The van der Waals surface area contributed by atoms with E-state index in [1.54, 1.807) is 6.07 Å². The maximum absolute atomic E-state index is 13.2. The van der Waals surface area contributed by atoms with Crippen LogP contribution in [0.5, 0.6) is 0 Å². The number of aryl methyl sites for hydroxylation is 1. The number of pyridine rings is 1. The predicted molar refractivity (Wildman–Crippen MR) is 127 cm³/mol. The minimum Gasteiger partial charge on any atom is -0.399 e. The summed E-state index contributed by atoms with van der Waals surface area (Å²) in [6, 6.07) is 11.4. The van der Waals surface area contributed by atoms with Gasteiger partial charge in [-0.25, -0.2) is 0 Å². The number of alkyl halides is 3. The molecule has 0 radical (unpaired) electrons. The highest BCUT2D eigenvalue weighted by Crippen LogP contribution is 2.35. The lowest BCUT2D eigenvalue weighted by Crippen LogP contribution is -2.43. The van der Waals surface area contributed by atoms with E-state index in [1.807, 2.05) is 26.0 Å². The molecule has 2 aromatic carbocycles. The molecule has 1 fully saturated rings. The summed E-state index contributed by atoms with van der Waals surface area (Å²) in [7, 11) is 0. The van der Waals surface area contributed by atoms with Crippen LogP contribution in [0.25, 0.3) is 10.9 Å². The van der Waals surface area contributed by atoms with E-state index in [4.69, 9.17) is 5.73 Å². The Morgan fingerprint density at radius 2 is 1.81 bits per heavy atom. The summed E-state index contributed by atoms with van der Waals surface area (Å²) in [5.41, 5.74) is 9.21. The van der Waals surface area contributed by atoms with Crippen molar-refractivity contribution < 1.29 is 13.2 Å². The molecule has 1 aromatic heterocycles. The summed E-state index contributed by atoms with van der Waals surface area (Å²) in [6.45, 7) is 7.45. The lowest BCUT2D eigenvalue weighted by atomic mass is 10.0. The molecule has 1 aliphatic heterocycles. The van der Waals surface area contributed by atoms with E-state index in [0.717, 1.165) is 66.3 Å². The smallest absolute Gasteiger partial charge is 0.399 e. The largest absolute Gasteiger partial charge is 0.416 e. The molecule has 0 unspecified atom stereocenters. The molecule has 3 aromatic rings. The van der Waals surface area contributed by atoms with Gasteiger partial charge in [0.1, 0.15) is 0 Å². The van der Waals surface area contributed by atoms with Gasteiger partial charge in [-0.2, -0.15) is 13.2 Å². The van der Waals surface area contributed by atoms with Gasteiger partial charge in [-0.15, -0.1) is 12.4 Å². The van der Waals surface area contributed by atoms with E-state index in [9.17, 15) is 13.2 Å². The average Bonchev–Trinajstić information content (AvgIpc) is 2.73. The van der Waals surface area contributed by atoms with E-state index >= 15 is 0 Å². The van der Waals surface area contributed by atoms with Crippen molar-refractivity contribution in [2.45, 2.75) is 26.1 Å². The Bertz CT molecular complexity index is 1100. The fourth-order valence-electron chi connectivity index (χ4n) is 3.99. The Hall–Kier alpha value is -2.71. The third kappa shape index (κ3) is 5.19. The van der Waals surface area contributed by atoms with Crippen LogP contribution >= 0.6 is 12.4 Å². The van der Waals surface area contributed by atoms with E-state index in [1.165, 1.54) is 0 Å². The maximum atomic E-state index is 13.2. The van der Waals surface area contributed by atoms with E-state index in [2.05, 4.69) is 32.7 Å². The number of rotatable bonds is 4. The Labute approximate surface area is 191 Å². The van der Waals surface area contributed by atoms with Gasteiger partial charge in [-0.1, -0.05) is 0 Å². The highest BCUT2D eigenvalue weighted by Gasteiger charge is 2.31. The van der Waals surface area contributed by atoms with Crippen LogP contribution in [-0.2, 0) is 6.18 Å². The summed E-state index contributed by atoms with van der Waals surface area (Å²) < 4.78 is 39.7. The van der Waals surface area contributed by atoms with Gasteiger partial charge < -0.3 is 21.3 Å². The Kier molecular flexibility index (Phi) is 7.05. The Morgan fingerprint density at radius 3 is 2.50 bits per heavy atom. The molecular weight excluding hydrogens is 439 g/mol. The van der Waals surface area contributed by atoms with Gasteiger partial charge in [-0.3, -0.25) is 4.98 Å². The number of nitrogens with zero attached hydrogens (tertiary/aromatic N) is 2. The number of nitrogens with two attached hydrogens (primary N) is 1. The molecule has 1 saturated heterocycles. The molecule has 172 valence electrons. The minimum absolute atomic E-state index is 0. The minimum atomic E-state index is -4.44. The molecule has 0 spiro atoms. The van der Waals surface area contributed by atoms with Gasteiger partial charge >= 0.3 is 6.18 Å². The second-order valence-electron chi connectivity index (χ2n) is 8.00. The van der Waals surface area contributed by atoms with Crippen LogP contribution in [0, 0.1) is 6.92 Å². The molecule has 9 heteroatoms. The SMILES string of the molecule is Cc1cc(N[C@H](C)c2cc(N)cc(C(F)(F)F)c2)c2cc(N3CCNCC3)ccc2n1.Cl. The first kappa shape index (κ1) is 23.9. The molecule has 0 saturated carbocycles. The first-order valence-corrected chi connectivity index (χ1v) is 10.3. The number of hydrogen-bond donors (Lipinski definition) is 3. The lowest BCUT2D eigenvalue weighted by Gasteiger charge is -2.30. The number of piperazine rings is 1. The second kappa shape index (κ2) is 9.42. The first-order chi connectivity index (χ1) is 14.7. The molecule has 0 aliphatic carbocycles. The topological polar surface area (TPSA) is 66.2 Å². The summed E-state index contributed by atoms with van der Waals surface area (Å²) in [5, 5.41) is 7.67. The zero-order valence-corrected chi connectivity index (χ0v) is 18.8. The van der Waals surface area contributed by atoms with Gasteiger partial charge in [0.25, 0.3) is 0 Å². The molecule has 2 heterocycles. The van der Waals surface area contributed by atoms with Gasteiger partial charge in [0.05, 0.1) is 11.1 Å². The van der Waals surface area contributed by atoms with E-state index < -0.39 is 11.7 Å². The number of benzene rings is 2. The molecular formula is C23H27ClF3N5. The van der Waals surface area contributed by atoms with Crippen molar-refractivity contribution in [3.05, 3.63) is 59.3 Å². The number of nitrogen functional groups attached to an aromatic ring is 1. The number of nitrogens with one attached hydrogen (secondary N) is 2. The summed E-state index contributed by atoms with van der Waals surface area (Å²) in [6.07, 6.45) is -4.44. The van der Waals surface area contributed by atoms with Gasteiger partial charge in [0.15, 0.2) is 0 Å². The number of fused-ring (bicyclic) bond motifs is 1. The quantitative estimate of drug-likeness (QED) is 0.465. The second-order valence-corrected chi connectivity index (χ2v) is 8.00. The lowest BCUT2D eigenvalue weighted by molar-refractivity contribution is -0.137. The van der Waals surface area contributed by atoms with Crippen molar-refractivity contribution in [1.29, 1.82) is 0 Å². The molecule has 4 N–H and O–H groups in total. The van der Waals surface area contributed by atoms with Gasteiger partial charge in [0, 0.05) is 60.4 Å². The molecule has 4 rings (SSSR count). The zero-order chi connectivity index (χ0) is 22.2. The fourth-order valence-corrected chi connectivity index (χ4v) is 3.99. The average molecular weight is 466 g/mol. The third-order valence-corrected chi connectivity index (χ3v) is 5.58. The zero-order valence-electron chi connectivity index (χ0n) is 18.0. The summed E-state index contributed by atoms with van der Waals surface area (Å²) >= 11 is 0. The fraction of sp³-hybridized carbons (Fsp3) is 0.348. The molecule has 1 atom stereocenters. The predicted octanol–water partition coefficient (Wildman–Crippen LogP) is 5.15. The van der Waals surface area contributed by atoms with Crippen molar-refractivity contribution in [3.8, 4) is 0 Å². The van der Waals surface area contributed by atoms with Crippen LogP contribution in [0.15, 0.2) is 42.5 Å². The number of anilines is 3. The molecule has 1 aliphatic rings. The Morgan fingerprint density at radius 1 is 1.09 bits per heavy atom. The highest BCUT2D eigenvalue weighted by atomic mass is 35.5. The van der Waals surface area contributed by atoms with E-state index in [0.29, 0.717) is 5.56 Å². The molecule has 0 bridgehead atoms. The van der Waals surface area contributed by atoms with Crippen LogP contribution < -0.4 is 21.3 Å². The van der Waals surface area contributed by atoms with Gasteiger partial charge in [0.2, 0.25) is 0 Å². The number of aromatic nitrogens is 1. The van der Waals surface area contributed by atoms with Crippen LogP contribution in [0.4, 0.5) is 30.2 Å². The van der Waals surface area contributed by atoms with Crippen LogP contribution in [-0.4, -0.2) is 31.2 Å². The van der Waals surface area contributed by atoms with E-state index in [-0.39, 0.29) is 24.1 Å². The molecule has 5 nitrogen and oxygen atoms in total. The van der Waals surface area contributed by atoms with Crippen molar-refractivity contribution in [2.75, 3.05) is 42.1 Å². The molecule has 32 heavy (non-hydrogen) atoms. The third-order valence-electron chi connectivity index (χ3n) is 5.58. The van der Waals surface area contributed by atoms with Crippen LogP contribution in [0.1, 0.15) is 29.8 Å². The van der Waals surface area contributed by atoms with Gasteiger partial charge in [-0.05, 0) is 61.9 Å². The van der Waals surface area contributed by atoms with Crippen molar-refractivity contribution >= 4 is 40.4 Å². The summed E-state index contributed by atoms with van der Waals surface area (Å²) in [4.78, 5) is 6.94. The summed E-state index contributed by atoms with van der Waals surface area (Å²) in [5.74, 6) is 0. The number of hydrogen-bond acceptors (Lipinski definition) is 5. The van der Waals surface area contributed by atoms with Crippen LogP contribution in [0.3, 0.4) is 0 Å². The highest BCUT2D eigenvalue weighted by molar-refractivity contribution is 5.94. The van der Waals surface area contributed by atoms with Crippen LogP contribution in [0.2, 0.25) is 0 Å². The maximum Gasteiger partial charge on any atom is 0.416 e. The Balaban J connectivity index is 0.00000289. The molecule has 0 amide bonds. The van der Waals surface area contributed by atoms with Crippen molar-refractivity contribution in [2.24, 2.45) is 0 Å². The monoisotopic (exact) mass is 465 g/mol. The van der Waals surface area contributed by atoms with Crippen molar-refractivity contribution in [1.82, 2.24) is 10.3 Å².